The third kappa shape index (κ3) is 4.30. The molecular weight excluding hydrogens is 399 g/mol. The van der Waals surface area contributed by atoms with E-state index in [1.54, 1.807) is 12.3 Å². The minimum absolute atomic E-state index is 0.132. The van der Waals surface area contributed by atoms with Crippen molar-refractivity contribution in [2.75, 3.05) is 11.9 Å². The summed E-state index contributed by atoms with van der Waals surface area (Å²) < 4.78 is 38.7. The van der Waals surface area contributed by atoms with Crippen molar-refractivity contribution in [1.29, 1.82) is 0 Å². The molecule has 0 radical (unpaired) electrons. The maximum absolute atomic E-state index is 12.4. The Labute approximate surface area is 163 Å². The van der Waals surface area contributed by atoms with E-state index in [9.17, 15) is 13.2 Å². The molecule has 3 aromatic rings. The topological polar surface area (TPSA) is 68.2 Å². The van der Waals surface area contributed by atoms with Crippen LogP contribution < -0.4 is 11.1 Å². The maximum atomic E-state index is 12.4. The summed E-state index contributed by atoms with van der Waals surface area (Å²) in [6, 6.07) is 6.96. The zero-order valence-electron chi connectivity index (χ0n) is 14.1. The van der Waals surface area contributed by atoms with Gasteiger partial charge in [0.15, 0.2) is 10.8 Å². The number of halogens is 4. The molecule has 0 aliphatic carbocycles. The molecule has 0 saturated heterocycles. The van der Waals surface area contributed by atoms with Gasteiger partial charge in [-0.15, -0.1) is 0 Å². The Kier molecular flexibility index (Phi) is 5.25. The fourth-order valence-electron chi connectivity index (χ4n) is 2.70. The number of hydrogen-bond acceptors (Lipinski definition) is 4. The fraction of sp³-hybridized carbons (Fsp3) is 0.235. The van der Waals surface area contributed by atoms with E-state index in [1.165, 1.54) is 10.6 Å². The molecule has 0 atom stereocenters. The van der Waals surface area contributed by atoms with Crippen LogP contribution in [0.3, 0.4) is 0 Å². The SMILES string of the molecule is Cc1cc(-c2cnc3c(NCCC(F)(F)F)cc(Cl)nn23)ccc1C(N)=S. The molecular formula is C17H15ClF3N5S. The Hall–Kier alpha value is -2.39. The van der Waals surface area contributed by atoms with Crippen molar-refractivity contribution in [1.82, 2.24) is 14.6 Å². The van der Waals surface area contributed by atoms with E-state index in [0.717, 1.165) is 16.7 Å². The van der Waals surface area contributed by atoms with E-state index in [2.05, 4.69) is 15.4 Å². The Bertz CT molecular complexity index is 1020. The van der Waals surface area contributed by atoms with Crippen LogP contribution in [0.1, 0.15) is 17.5 Å². The minimum Gasteiger partial charge on any atom is -0.389 e. The zero-order valence-corrected chi connectivity index (χ0v) is 15.7. The van der Waals surface area contributed by atoms with Crippen molar-refractivity contribution in [3.8, 4) is 11.3 Å². The van der Waals surface area contributed by atoms with E-state index >= 15 is 0 Å². The van der Waals surface area contributed by atoms with E-state index in [-0.39, 0.29) is 11.7 Å². The zero-order chi connectivity index (χ0) is 19.8. The molecule has 10 heteroatoms. The van der Waals surface area contributed by atoms with E-state index in [0.29, 0.717) is 22.0 Å². The van der Waals surface area contributed by atoms with Gasteiger partial charge in [-0.1, -0.05) is 36.0 Å². The Morgan fingerprint density at radius 2 is 2.07 bits per heavy atom. The van der Waals surface area contributed by atoms with Crippen molar-refractivity contribution in [2.45, 2.75) is 19.5 Å². The number of aromatic nitrogens is 3. The van der Waals surface area contributed by atoms with Crippen LogP contribution in [0.25, 0.3) is 16.9 Å². The number of nitrogens with one attached hydrogen (secondary N) is 1. The monoisotopic (exact) mass is 413 g/mol. The summed E-state index contributed by atoms with van der Waals surface area (Å²) in [6.07, 6.45) is -3.63. The molecule has 0 saturated carbocycles. The van der Waals surface area contributed by atoms with Crippen LogP contribution in [0.5, 0.6) is 0 Å². The lowest BCUT2D eigenvalue weighted by Gasteiger charge is -2.11. The van der Waals surface area contributed by atoms with Crippen molar-refractivity contribution < 1.29 is 13.2 Å². The fourth-order valence-corrected chi connectivity index (χ4v) is 3.12. The summed E-state index contributed by atoms with van der Waals surface area (Å²) in [5.74, 6) is 0. The van der Waals surface area contributed by atoms with Gasteiger partial charge in [0.25, 0.3) is 0 Å². The van der Waals surface area contributed by atoms with Crippen LogP contribution in [-0.4, -0.2) is 32.3 Å². The summed E-state index contributed by atoms with van der Waals surface area (Å²) in [5, 5.41) is 7.08. The number of imidazole rings is 1. The normalized spacial score (nSPS) is 11.7. The first-order valence-electron chi connectivity index (χ1n) is 7.91. The molecule has 27 heavy (non-hydrogen) atoms. The number of thiocarbonyl (C=S) groups is 1. The number of fused-ring (bicyclic) bond motifs is 1. The number of nitrogens with zero attached hydrogens (tertiary/aromatic N) is 3. The standard InChI is InChI=1S/C17H15ClF3N5S/c1-9-6-10(2-3-11(9)15(22)27)13-8-24-16-12(7-14(18)25-26(13)16)23-5-4-17(19,20)21/h2-3,6-8,23H,4-5H2,1H3,(H2,22,27). The molecule has 0 spiro atoms. The number of benzene rings is 1. The Morgan fingerprint density at radius 3 is 2.70 bits per heavy atom. The van der Waals surface area contributed by atoms with Crippen molar-refractivity contribution >= 4 is 40.1 Å². The predicted molar refractivity (Wildman–Crippen MR) is 103 cm³/mol. The molecule has 2 heterocycles. The quantitative estimate of drug-likeness (QED) is 0.608. The van der Waals surface area contributed by atoms with Crippen LogP contribution in [0.15, 0.2) is 30.5 Å². The molecule has 0 fully saturated rings. The van der Waals surface area contributed by atoms with Crippen LogP contribution in [0.4, 0.5) is 18.9 Å². The predicted octanol–water partition coefficient (Wildman–Crippen LogP) is 4.36. The van der Waals surface area contributed by atoms with Gasteiger partial charge in [0.1, 0.15) is 4.99 Å². The third-order valence-corrected chi connectivity index (χ3v) is 4.35. The second kappa shape index (κ2) is 7.32. The second-order valence-corrected chi connectivity index (χ2v) is 6.77. The third-order valence-electron chi connectivity index (χ3n) is 3.95. The molecule has 5 nitrogen and oxygen atoms in total. The van der Waals surface area contributed by atoms with Gasteiger partial charge in [0.05, 0.1) is 24.0 Å². The molecule has 0 bridgehead atoms. The lowest BCUT2D eigenvalue weighted by Crippen LogP contribution is -2.15. The first kappa shape index (κ1) is 19.4. The van der Waals surface area contributed by atoms with Gasteiger partial charge in [-0.25, -0.2) is 9.50 Å². The molecule has 3 N–H and O–H groups in total. The summed E-state index contributed by atoms with van der Waals surface area (Å²) in [5.41, 5.74) is 9.55. The number of anilines is 1. The molecule has 0 aliphatic heterocycles. The highest BCUT2D eigenvalue weighted by Crippen LogP contribution is 2.28. The van der Waals surface area contributed by atoms with Gasteiger partial charge in [-0.2, -0.15) is 18.3 Å². The molecule has 2 aromatic heterocycles. The van der Waals surface area contributed by atoms with Crippen molar-refractivity contribution in [3.63, 3.8) is 0 Å². The first-order chi connectivity index (χ1) is 12.7. The molecule has 142 valence electrons. The summed E-state index contributed by atoms with van der Waals surface area (Å²) in [4.78, 5) is 4.59. The maximum Gasteiger partial charge on any atom is 0.390 e. The highest BCUT2D eigenvalue weighted by Gasteiger charge is 2.26. The van der Waals surface area contributed by atoms with Crippen LogP contribution in [0, 0.1) is 6.92 Å². The molecule has 3 rings (SSSR count). The van der Waals surface area contributed by atoms with Crippen molar-refractivity contribution in [2.24, 2.45) is 5.73 Å². The molecule has 0 aliphatic rings. The van der Waals surface area contributed by atoms with E-state index in [4.69, 9.17) is 29.6 Å². The van der Waals surface area contributed by atoms with Gasteiger partial charge in [-0.3, -0.25) is 0 Å². The molecule has 0 unspecified atom stereocenters. The average Bonchev–Trinajstić information content (AvgIpc) is 2.96. The van der Waals surface area contributed by atoms with Gasteiger partial charge in [0.2, 0.25) is 0 Å². The minimum atomic E-state index is -4.25. The molecule has 1 aromatic carbocycles. The Balaban J connectivity index is 1.99. The van der Waals surface area contributed by atoms with E-state index < -0.39 is 12.6 Å². The summed E-state index contributed by atoms with van der Waals surface area (Å²) >= 11 is 11.1. The van der Waals surface area contributed by atoms with Gasteiger partial charge >= 0.3 is 6.18 Å². The highest BCUT2D eigenvalue weighted by molar-refractivity contribution is 7.80. The van der Waals surface area contributed by atoms with Gasteiger partial charge in [0, 0.05) is 23.7 Å². The van der Waals surface area contributed by atoms with Gasteiger partial charge < -0.3 is 11.1 Å². The smallest absolute Gasteiger partial charge is 0.389 e. The van der Waals surface area contributed by atoms with Crippen LogP contribution in [0.2, 0.25) is 5.15 Å². The lowest BCUT2D eigenvalue weighted by molar-refractivity contribution is -0.131. The average molecular weight is 414 g/mol. The van der Waals surface area contributed by atoms with Crippen molar-refractivity contribution in [3.05, 3.63) is 46.7 Å². The molecule has 0 amide bonds. The number of alkyl halides is 3. The Morgan fingerprint density at radius 1 is 1.33 bits per heavy atom. The number of hydrogen-bond donors (Lipinski definition) is 2. The number of nitrogens with two attached hydrogens (primary N) is 1. The summed E-state index contributed by atoms with van der Waals surface area (Å²) in [7, 11) is 0. The first-order valence-corrected chi connectivity index (χ1v) is 8.70. The highest BCUT2D eigenvalue weighted by atomic mass is 35.5. The lowest BCUT2D eigenvalue weighted by atomic mass is 10.0. The number of aryl methyl sites for hydroxylation is 1. The van der Waals surface area contributed by atoms with E-state index in [1.807, 2.05) is 19.1 Å². The van der Waals surface area contributed by atoms with Crippen LogP contribution in [-0.2, 0) is 0 Å². The number of rotatable bonds is 5. The summed E-state index contributed by atoms with van der Waals surface area (Å²) in [6.45, 7) is 1.59. The van der Waals surface area contributed by atoms with Gasteiger partial charge in [-0.05, 0) is 18.6 Å². The van der Waals surface area contributed by atoms with Crippen LogP contribution >= 0.6 is 23.8 Å². The largest absolute Gasteiger partial charge is 0.390 e. The second-order valence-electron chi connectivity index (χ2n) is 5.95.